The molecule has 1 saturated carbocycles. The Morgan fingerprint density at radius 2 is 0.825 bits per heavy atom. The summed E-state index contributed by atoms with van der Waals surface area (Å²) in [6.45, 7) is 8.90. The van der Waals surface area contributed by atoms with Crippen LogP contribution in [0.3, 0.4) is 0 Å². The highest BCUT2D eigenvalue weighted by Gasteiger charge is 2.52. The molecule has 40 heavy (non-hydrogen) atoms. The highest BCUT2D eigenvalue weighted by molar-refractivity contribution is 6.09. The first-order chi connectivity index (χ1) is 18.9. The van der Waals surface area contributed by atoms with Crippen LogP contribution in [0.1, 0.15) is 50.7 Å². The van der Waals surface area contributed by atoms with Gasteiger partial charge in [-0.1, -0.05) is 36.4 Å². The van der Waals surface area contributed by atoms with Crippen molar-refractivity contribution >= 4 is 44.3 Å². The van der Waals surface area contributed by atoms with Crippen molar-refractivity contribution in [2.75, 3.05) is 47.8 Å². The second-order valence-corrected chi connectivity index (χ2v) is 13.0. The molecule has 4 aromatic rings. The van der Waals surface area contributed by atoms with E-state index in [4.69, 9.17) is 0 Å². The Morgan fingerprint density at radius 1 is 0.500 bits per heavy atom. The van der Waals surface area contributed by atoms with Crippen molar-refractivity contribution in [2.45, 2.75) is 63.1 Å². The van der Waals surface area contributed by atoms with E-state index >= 15 is 0 Å². The lowest BCUT2D eigenvalue weighted by Crippen LogP contribution is -2.56. The lowest BCUT2D eigenvalue weighted by Gasteiger charge is -2.52. The molecule has 7 rings (SSSR count). The zero-order valence-corrected chi connectivity index (χ0v) is 24.8. The fourth-order valence-corrected chi connectivity index (χ4v) is 7.55. The van der Waals surface area contributed by atoms with Gasteiger partial charge in [-0.05, 0) is 73.9 Å². The highest BCUT2D eigenvalue weighted by Crippen LogP contribution is 2.55. The smallest absolute Gasteiger partial charge is 0.106 e. The van der Waals surface area contributed by atoms with Crippen LogP contribution < -0.4 is 19.6 Å². The molecular weight excluding hydrogens is 496 g/mol. The Balaban J connectivity index is 1.32. The number of aliphatic hydroxyl groups excluding tert-OH is 2. The summed E-state index contributed by atoms with van der Waals surface area (Å²) < 4.78 is 0. The van der Waals surface area contributed by atoms with Crippen molar-refractivity contribution in [3.8, 4) is 0 Å². The number of nitrogens with zero attached hydrogens (tertiary/aromatic N) is 4. The average Bonchev–Trinajstić information content (AvgIpc) is 2.94. The molecule has 2 N–H and O–H groups in total. The van der Waals surface area contributed by atoms with Gasteiger partial charge in [0.2, 0.25) is 0 Å². The van der Waals surface area contributed by atoms with Crippen molar-refractivity contribution in [3.63, 3.8) is 0 Å². The van der Waals surface area contributed by atoms with Crippen molar-refractivity contribution in [1.29, 1.82) is 0 Å². The van der Waals surface area contributed by atoms with Crippen LogP contribution in [-0.4, -0.2) is 61.9 Å². The number of benzene rings is 4. The molecule has 0 saturated heterocycles. The second kappa shape index (κ2) is 8.05. The maximum Gasteiger partial charge on any atom is 0.106 e. The standard InChI is InChI=1S/C34H40N4O2/c1-33(2)35(5)23-13-9-11-19-21(15-17-25(27(19)23)37(33)7)29-31(39)30(32(29)40)22-16-18-26-28-20(22)12-10-14-24(28)36(6)34(3,4)38(26)8/h9-18,29-32,39-40H,1-8H3. The third-order valence-corrected chi connectivity index (χ3v) is 11.0. The minimum atomic E-state index is -0.685. The van der Waals surface area contributed by atoms with Gasteiger partial charge in [0, 0.05) is 73.5 Å². The third-order valence-electron chi connectivity index (χ3n) is 11.0. The first-order valence-corrected chi connectivity index (χ1v) is 14.3. The van der Waals surface area contributed by atoms with Crippen LogP contribution in [0.2, 0.25) is 0 Å². The molecule has 0 bridgehead atoms. The summed E-state index contributed by atoms with van der Waals surface area (Å²) >= 11 is 0. The summed E-state index contributed by atoms with van der Waals surface area (Å²) in [5, 5.41) is 28.1. The van der Waals surface area contributed by atoms with Crippen LogP contribution in [0.25, 0.3) is 21.5 Å². The molecule has 2 aliphatic heterocycles. The summed E-state index contributed by atoms with van der Waals surface area (Å²) in [5.74, 6) is -0.704. The van der Waals surface area contributed by atoms with Gasteiger partial charge in [-0.25, -0.2) is 0 Å². The first kappa shape index (κ1) is 25.5. The van der Waals surface area contributed by atoms with Crippen LogP contribution in [0.15, 0.2) is 60.7 Å². The molecule has 0 aromatic heterocycles. The molecule has 4 aromatic carbocycles. The molecule has 6 heteroatoms. The van der Waals surface area contributed by atoms with Gasteiger partial charge in [0.05, 0.1) is 12.2 Å². The monoisotopic (exact) mass is 536 g/mol. The SMILES string of the molecule is CN1c2cccc3c(C4C(O)C(c5ccc6c7c(cccc57)N(C)C(C)(C)N6C)C4O)ccc(c23)N(C)C1(C)C. The Morgan fingerprint density at radius 3 is 1.18 bits per heavy atom. The maximum absolute atomic E-state index is 11.8. The number of anilines is 4. The van der Waals surface area contributed by atoms with Gasteiger partial charge in [0.15, 0.2) is 0 Å². The van der Waals surface area contributed by atoms with Crippen molar-refractivity contribution in [3.05, 3.63) is 71.8 Å². The van der Waals surface area contributed by atoms with E-state index in [1.54, 1.807) is 0 Å². The van der Waals surface area contributed by atoms with Crippen molar-refractivity contribution < 1.29 is 10.2 Å². The molecule has 208 valence electrons. The summed E-state index contributed by atoms with van der Waals surface area (Å²) in [6.07, 6.45) is -1.37. The fraction of sp³-hybridized carbons (Fsp3) is 0.412. The van der Waals surface area contributed by atoms with Crippen LogP contribution in [0.5, 0.6) is 0 Å². The van der Waals surface area contributed by atoms with Gasteiger partial charge in [-0.15, -0.1) is 0 Å². The largest absolute Gasteiger partial charge is 0.392 e. The molecule has 0 amide bonds. The molecule has 3 aliphatic rings. The van der Waals surface area contributed by atoms with E-state index in [1.807, 2.05) is 0 Å². The zero-order valence-electron chi connectivity index (χ0n) is 24.8. The second-order valence-electron chi connectivity index (χ2n) is 13.0. The summed E-state index contributed by atoms with van der Waals surface area (Å²) in [4.78, 5) is 9.25. The van der Waals surface area contributed by atoms with Crippen LogP contribution >= 0.6 is 0 Å². The third kappa shape index (κ3) is 2.96. The molecule has 0 unspecified atom stereocenters. The highest BCUT2D eigenvalue weighted by atomic mass is 16.3. The summed E-state index contributed by atoms with van der Waals surface area (Å²) in [7, 11) is 8.55. The molecule has 6 nitrogen and oxygen atoms in total. The van der Waals surface area contributed by atoms with Gasteiger partial charge >= 0.3 is 0 Å². The van der Waals surface area contributed by atoms with Crippen molar-refractivity contribution in [2.24, 2.45) is 0 Å². The predicted octanol–water partition coefficient (Wildman–Crippen LogP) is 5.84. The minimum absolute atomic E-state index is 0.171. The quantitative estimate of drug-likeness (QED) is 0.336. The molecule has 1 fully saturated rings. The number of hydrogen-bond acceptors (Lipinski definition) is 6. The van der Waals surface area contributed by atoms with E-state index in [9.17, 15) is 10.2 Å². The molecule has 2 heterocycles. The molecule has 0 spiro atoms. The van der Waals surface area contributed by atoms with Gasteiger partial charge in [0.1, 0.15) is 11.3 Å². The Hall–Kier alpha value is -3.48. The van der Waals surface area contributed by atoms with Crippen LogP contribution in [-0.2, 0) is 0 Å². The average molecular weight is 537 g/mol. The first-order valence-electron chi connectivity index (χ1n) is 14.3. The number of rotatable bonds is 2. The molecular formula is C34H40N4O2. The topological polar surface area (TPSA) is 53.4 Å². The Labute approximate surface area is 237 Å². The molecule has 1 aliphatic carbocycles. The molecule has 0 atom stereocenters. The lowest BCUT2D eigenvalue weighted by molar-refractivity contribution is -0.0775. The van der Waals surface area contributed by atoms with Gasteiger partial charge in [-0.2, -0.15) is 0 Å². The van der Waals surface area contributed by atoms with E-state index in [1.165, 1.54) is 33.5 Å². The van der Waals surface area contributed by atoms with E-state index in [0.29, 0.717) is 0 Å². The van der Waals surface area contributed by atoms with Crippen LogP contribution in [0, 0.1) is 0 Å². The number of hydrogen-bond donors (Lipinski definition) is 2. The normalized spacial score (nSPS) is 26.4. The summed E-state index contributed by atoms with van der Waals surface area (Å²) in [6, 6.07) is 21.4. The lowest BCUT2D eigenvalue weighted by atomic mass is 9.62. The van der Waals surface area contributed by atoms with E-state index in [-0.39, 0.29) is 23.2 Å². The van der Waals surface area contributed by atoms with Gasteiger partial charge in [0.25, 0.3) is 0 Å². The molecule has 0 radical (unpaired) electrons. The zero-order chi connectivity index (χ0) is 28.5. The van der Waals surface area contributed by atoms with E-state index in [0.717, 1.165) is 21.9 Å². The fourth-order valence-electron chi connectivity index (χ4n) is 7.55. The Bertz CT molecular complexity index is 1530. The van der Waals surface area contributed by atoms with E-state index < -0.39 is 12.2 Å². The number of aliphatic hydroxyl groups is 2. The predicted molar refractivity (Wildman–Crippen MR) is 167 cm³/mol. The van der Waals surface area contributed by atoms with Crippen LogP contribution in [0.4, 0.5) is 22.7 Å². The Kier molecular flexibility index (Phi) is 5.13. The minimum Gasteiger partial charge on any atom is -0.392 e. The van der Waals surface area contributed by atoms with Crippen molar-refractivity contribution in [1.82, 2.24) is 0 Å². The van der Waals surface area contributed by atoms with E-state index in [2.05, 4.69) is 136 Å². The summed E-state index contributed by atoms with van der Waals surface area (Å²) in [5.41, 5.74) is 6.40. The van der Waals surface area contributed by atoms with Gasteiger partial charge in [-0.3, -0.25) is 0 Å². The van der Waals surface area contributed by atoms with Gasteiger partial charge < -0.3 is 29.8 Å². The maximum atomic E-state index is 11.8.